The second-order valence-corrected chi connectivity index (χ2v) is 4.32. The highest BCUT2D eigenvalue weighted by atomic mass is 32.1. The summed E-state index contributed by atoms with van der Waals surface area (Å²) in [4.78, 5) is 16.8. The summed E-state index contributed by atoms with van der Waals surface area (Å²) in [7, 11) is 0. The summed E-state index contributed by atoms with van der Waals surface area (Å²) in [5.41, 5.74) is 0.899. The lowest BCUT2D eigenvalue weighted by atomic mass is 10.4. The molecule has 0 radical (unpaired) electrons. The molecular formula is C9H13N3O3S. The molecule has 2 N–H and O–H groups in total. The van der Waals surface area contributed by atoms with Gasteiger partial charge in [-0.15, -0.1) is 11.3 Å². The van der Waals surface area contributed by atoms with Crippen LogP contribution in [0.25, 0.3) is 0 Å². The fourth-order valence-electron chi connectivity index (χ4n) is 1.52. The second-order valence-electron chi connectivity index (χ2n) is 3.46. The van der Waals surface area contributed by atoms with Crippen LogP contribution in [-0.4, -0.2) is 47.4 Å². The number of hydrogen-bond acceptors (Lipinski definition) is 5. The van der Waals surface area contributed by atoms with Crippen molar-refractivity contribution in [2.24, 2.45) is 0 Å². The maximum atomic E-state index is 10.4. The molecule has 0 atom stereocenters. The molecule has 88 valence electrons. The Hall–Kier alpha value is -1.18. The first-order valence-corrected chi connectivity index (χ1v) is 5.86. The number of nitrogens with one attached hydrogen (secondary N) is 1. The number of morpholine rings is 1. The number of aromatic nitrogens is 1. The van der Waals surface area contributed by atoms with Crippen LogP contribution in [0.5, 0.6) is 0 Å². The normalized spacial score (nSPS) is 17.2. The Kier molecular flexibility index (Phi) is 3.70. The van der Waals surface area contributed by atoms with Crippen LogP contribution in [0, 0.1) is 0 Å². The van der Waals surface area contributed by atoms with Crippen LogP contribution in [-0.2, 0) is 11.3 Å². The van der Waals surface area contributed by atoms with E-state index in [1.807, 2.05) is 5.38 Å². The number of anilines is 1. The number of thiazole rings is 1. The van der Waals surface area contributed by atoms with Gasteiger partial charge in [-0.2, -0.15) is 0 Å². The summed E-state index contributed by atoms with van der Waals surface area (Å²) in [5, 5.41) is 13.1. The van der Waals surface area contributed by atoms with Crippen LogP contribution in [0.2, 0.25) is 0 Å². The van der Waals surface area contributed by atoms with Crippen molar-refractivity contribution in [2.45, 2.75) is 6.54 Å². The average molecular weight is 243 g/mol. The minimum Gasteiger partial charge on any atom is -0.465 e. The van der Waals surface area contributed by atoms with E-state index in [4.69, 9.17) is 9.84 Å². The van der Waals surface area contributed by atoms with Crippen LogP contribution >= 0.6 is 11.3 Å². The maximum absolute atomic E-state index is 10.4. The molecule has 0 unspecified atom stereocenters. The van der Waals surface area contributed by atoms with Gasteiger partial charge in [-0.3, -0.25) is 10.2 Å². The summed E-state index contributed by atoms with van der Waals surface area (Å²) < 4.78 is 5.25. The lowest BCUT2D eigenvalue weighted by molar-refractivity contribution is 0.0337. The van der Waals surface area contributed by atoms with Crippen LogP contribution in [0.1, 0.15) is 5.69 Å². The molecule has 1 fully saturated rings. The molecular weight excluding hydrogens is 230 g/mol. The molecule has 0 aromatic carbocycles. The number of nitrogens with zero attached hydrogens (tertiary/aromatic N) is 2. The molecule has 7 heteroatoms. The molecule has 16 heavy (non-hydrogen) atoms. The predicted octanol–water partition coefficient (Wildman–Crippen LogP) is 1.07. The summed E-state index contributed by atoms with van der Waals surface area (Å²) >= 11 is 1.31. The van der Waals surface area contributed by atoms with Crippen LogP contribution in [0.3, 0.4) is 0 Å². The van der Waals surface area contributed by atoms with Gasteiger partial charge in [0.05, 0.1) is 18.9 Å². The number of amides is 1. The Morgan fingerprint density at radius 3 is 3.06 bits per heavy atom. The summed E-state index contributed by atoms with van der Waals surface area (Å²) in [6.07, 6.45) is -1.08. The average Bonchev–Trinajstić information content (AvgIpc) is 2.66. The van der Waals surface area contributed by atoms with E-state index in [9.17, 15) is 4.79 Å². The third-order valence-corrected chi connectivity index (χ3v) is 3.06. The highest BCUT2D eigenvalue weighted by molar-refractivity contribution is 7.13. The van der Waals surface area contributed by atoms with E-state index >= 15 is 0 Å². The highest BCUT2D eigenvalue weighted by Crippen LogP contribution is 2.16. The van der Waals surface area contributed by atoms with Crippen molar-refractivity contribution in [2.75, 3.05) is 31.6 Å². The molecule has 1 aliphatic heterocycles. The topological polar surface area (TPSA) is 74.7 Å². The molecule has 0 spiro atoms. The Bertz CT molecular complexity index is 363. The van der Waals surface area contributed by atoms with Crippen molar-refractivity contribution in [1.82, 2.24) is 9.88 Å². The first-order valence-electron chi connectivity index (χ1n) is 4.98. The van der Waals surface area contributed by atoms with Gasteiger partial charge in [-0.25, -0.2) is 9.78 Å². The minimum absolute atomic E-state index is 0.427. The van der Waals surface area contributed by atoms with Gasteiger partial charge in [0, 0.05) is 25.0 Å². The maximum Gasteiger partial charge on any atom is 0.410 e. The Labute approximate surface area is 96.9 Å². The summed E-state index contributed by atoms with van der Waals surface area (Å²) in [6, 6.07) is 0. The van der Waals surface area contributed by atoms with Gasteiger partial charge >= 0.3 is 6.09 Å². The monoisotopic (exact) mass is 243 g/mol. The van der Waals surface area contributed by atoms with Gasteiger partial charge in [0.2, 0.25) is 0 Å². The fraction of sp³-hybridized carbons (Fsp3) is 0.556. The van der Waals surface area contributed by atoms with Crippen molar-refractivity contribution < 1.29 is 14.6 Å². The zero-order valence-corrected chi connectivity index (χ0v) is 9.50. The zero-order valence-electron chi connectivity index (χ0n) is 8.68. The lowest BCUT2D eigenvalue weighted by Crippen LogP contribution is -2.35. The Morgan fingerprint density at radius 1 is 1.62 bits per heavy atom. The van der Waals surface area contributed by atoms with Crippen LogP contribution < -0.4 is 5.32 Å². The van der Waals surface area contributed by atoms with Gasteiger partial charge in [0.25, 0.3) is 0 Å². The number of carbonyl (C=O) groups is 1. The molecule has 1 aliphatic rings. The van der Waals surface area contributed by atoms with E-state index in [1.54, 1.807) is 0 Å². The van der Waals surface area contributed by atoms with E-state index in [2.05, 4.69) is 15.2 Å². The number of rotatable bonds is 3. The SMILES string of the molecule is O=C(O)Nc1nc(CN2CCOCC2)cs1. The quantitative estimate of drug-likeness (QED) is 0.830. The van der Waals surface area contributed by atoms with Crippen LogP contribution in [0.4, 0.5) is 9.93 Å². The van der Waals surface area contributed by atoms with Crippen molar-refractivity contribution >= 4 is 22.6 Å². The molecule has 1 amide bonds. The summed E-state index contributed by atoms with van der Waals surface area (Å²) in [6.45, 7) is 4.06. The third-order valence-electron chi connectivity index (χ3n) is 2.25. The molecule has 0 bridgehead atoms. The van der Waals surface area contributed by atoms with Gasteiger partial charge in [0.1, 0.15) is 0 Å². The van der Waals surface area contributed by atoms with E-state index in [0.29, 0.717) is 5.13 Å². The standard InChI is InChI=1S/C9H13N3O3S/c13-9(14)11-8-10-7(6-16-8)5-12-1-3-15-4-2-12/h6H,1-5H2,(H,10,11)(H,13,14). The molecule has 1 saturated heterocycles. The lowest BCUT2D eigenvalue weighted by Gasteiger charge is -2.25. The minimum atomic E-state index is -1.08. The van der Waals surface area contributed by atoms with E-state index < -0.39 is 6.09 Å². The van der Waals surface area contributed by atoms with Gasteiger partial charge in [-0.1, -0.05) is 0 Å². The molecule has 0 aliphatic carbocycles. The Morgan fingerprint density at radius 2 is 2.38 bits per heavy atom. The van der Waals surface area contributed by atoms with E-state index in [1.165, 1.54) is 11.3 Å². The van der Waals surface area contributed by atoms with E-state index in [0.717, 1.165) is 38.5 Å². The molecule has 1 aromatic heterocycles. The number of ether oxygens (including phenoxy) is 1. The van der Waals surface area contributed by atoms with Crippen molar-refractivity contribution in [1.29, 1.82) is 0 Å². The number of hydrogen-bond donors (Lipinski definition) is 2. The molecule has 6 nitrogen and oxygen atoms in total. The first-order chi connectivity index (χ1) is 7.74. The zero-order chi connectivity index (χ0) is 11.4. The smallest absolute Gasteiger partial charge is 0.410 e. The predicted molar refractivity (Wildman–Crippen MR) is 59.9 cm³/mol. The Balaban J connectivity index is 1.88. The highest BCUT2D eigenvalue weighted by Gasteiger charge is 2.12. The largest absolute Gasteiger partial charge is 0.465 e. The number of carboxylic acid groups (broad SMARTS) is 1. The van der Waals surface area contributed by atoms with Gasteiger partial charge in [-0.05, 0) is 0 Å². The molecule has 2 rings (SSSR count). The van der Waals surface area contributed by atoms with Crippen molar-refractivity contribution in [3.05, 3.63) is 11.1 Å². The first kappa shape index (κ1) is 11.3. The molecule has 0 saturated carbocycles. The second kappa shape index (κ2) is 5.24. The van der Waals surface area contributed by atoms with Gasteiger partial charge < -0.3 is 9.84 Å². The van der Waals surface area contributed by atoms with E-state index in [-0.39, 0.29) is 0 Å². The van der Waals surface area contributed by atoms with Crippen molar-refractivity contribution in [3.63, 3.8) is 0 Å². The van der Waals surface area contributed by atoms with Gasteiger partial charge in [0.15, 0.2) is 5.13 Å². The molecule has 2 heterocycles. The fourth-order valence-corrected chi connectivity index (χ4v) is 2.21. The third kappa shape index (κ3) is 3.16. The van der Waals surface area contributed by atoms with Crippen molar-refractivity contribution in [3.8, 4) is 0 Å². The molecule has 1 aromatic rings. The van der Waals surface area contributed by atoms with Crippen LogP contribution in [0.15, 0.2) is 5.38 Å². The summed E-state index contributed by atoms with van der Waals surface area (Å²) in [5.74, 6) is 0.